The van der Waals surface area contributed by atoms with Crippen LogP contribution in [0, 0.1) is 0 Å². The van der Waals surface area contributed by atoms with Crippen LogP contribution in [0.15, 0.2) is 36.8 Å². The molecule has 0 saturated heterocycles. The van der Waals surface area contributed by atoms with Gasteiger partial charge in [-0.3, -0.25) is 0 Å². The summed E-state index contributed by atoms with van der Waals surface area (Å²) in [5, 5.41) is 0. The highest BCUT2D eigenvalue weighted by atomic mass is 15.0. The van der Waals surface area contributed by atoms with E-state index in [1.807, 2.05) is 17.8 Å². The third-order valence-corrected chi connectivity index (χ3v) is 3.34. The molecule has 2 aromatic rings. The van der Waals surface area contributed by atoms with Crippen LogP contribution in [0.2, 0.25) is 0 Å². The first-order valence-electron chi connectivity index (χ1n) is 6.38. The van der Waals surface area contributed by atoms with Crippen LogP contribution < -0.4 is 5.73 Å². The van der Waals surface area contributed by atoms with Crippen molar-refractivity contribution >= 4 is 0 Å². The average molecular weight is 243 g/mol. The van der Waals surface area contributed by atoms with Crippen LogP contribution in [0.3, 0.4) is 0 Å². The predicted molar refractivity (Wildman–Crippen MR) is 74.4 cm³/mol. The van der Waals surface area contributed by atoms with Crippen LogP contribution in [0.4, 0.5) is 0 Å². The number of imidazole rings is 1. The number of hydrogen-bond acceptors (Lipinski definition) is 2. The molecular weight excluding hydrogens is 222 g/mol. The van der Waals surface area contributed by atoms with Crippen molar-refractivity contribution in [1.82, 2.24) is 9.55 Å². The lowest BCUT2D eigenvalue weighted by molar-refractivity contribution is 0.655. The number of benzene rings is 1. The second kappa shape index (κ2) is 5.36. The van der Waals surface area contributed by atoms with Gasteiger partial charge in [0.1, 0.15) is 0 Å². The molecule has 3 heteroatoms. The van der Waals surface area contributed by atoms with Crippen molar-refractivity contribution in [1.29, 1.82) is 0 Å². The van der Waals surface area contributed by atoms with Crippen LogP contribution >= 0.6 is 0 Å². The van der Waals surface area contributed by atoms with Crippen molar-refractivity contribution in [2.24, 2.45) is 12.8 Å². The summed E-state index contributed by atoms with van der Waals surface area (Å²) in [5.74, 6) is 0.574. The maximum atomic E-state index is 6.21. The van der Waals surface area contributed by atoms with E-state index in [0.717, 1.165) is 12.1 Å². The van der Waals surface area contributed by atoms with Gasteiger partial charge in [-0.25, -0.2) is 4.98 Å². The fraction of sp³-hybridized carbons (Fsp3) is 0.400. The molecule has 0 spiro atoms. The number of nitrogens with zero attached hydrogens (tertiary/aromatic N) is 2. The highest BCUT2D eigenvalue weighted by Crippen LogP contribution is 2.18. The maximum absolute atomic E-state index is 6.21. The van der Waals surface area contributed by atoms with Gasteiger partial charge < -0.3 is 10.3 Å². The van der Waals surface area contributed by atoms with Crippen LogP contribution in [-0.2, 0) is 13.5 Å². The zero-order valence-electron chi connectivity index (χ0n) is 11.3. The number of aromatic nitrogens is 2. The highest BCUT2D eigenvalue weighted by Gasteiger charge is 2.10. The molecule has 96 valence electrons. The number of rotatable bonds is 4. The van der Waals surface area contributed by atoms with Crippen molar-refractivity contribution < 1.29 is 0 Å². The number of nitrogens with two attached hydrogens (primary N) is 1. The normalized spacial score (nSPS) is 12.9. The smallest absolute Gasteiger partial charge is 0.0946 e. The molecule has 1 aromatic carbocycles. The van der Waals surface area contributed by atoms with Crippen LogP contribution in [0.1, 0.15) is 42.6 Å². The van der Waals surface area contributed by atoms with Crippen LogP contribution in [-0.4, -0.2) is 9.55 Å². The van der Waals surface area contributed by atoms with Crippen LogP contribution in [0.5, 0.6) is 0 Å². The molecular formula is C15H21N3. The second-order valence-corrected chi connectivity index (χ2v) is 5.14. The van der Waals surface area contributed by atoms with E-state index in [2.05, 4.69) is 43.1 Å². The number of aryl methyl sites for hydroxylation is 1. The average Bonchev–Trinajstić information content (AvgIpc) is 2.76. The molecule has 3 nitrogen and oxygen atoms in total. The summed E-state index contributed by atoms with van der Waals surface area (Å²) < 4.78 is 1.98. The van der Waals surface area contributed by atoms with Gasteiger partial charge in [0.15, 0.2) is 0 Å². The Hall–Kier alpha value is -1.61. The third kappa shape index (κ3) is 2.79. The standard InChI is InChI=1S/C15H21N3/c1-11(2)13-6-4-12(5-7-13)8-14(16)15-9-17-10-18(15)3/h4-7,9-11,14H,8,16H2,1-3H3. The molecule has 0 aliphatic heterocycles. The van der Waals surface area contributed by atoms with Gasteiger partial charge in [-0.15, -0.1) is 0 Å². The molecule has 0 radical (unpaired) electrons. The third-order valence-electron chi connectivity index (χ3n) is 3.34. The van der Waals surface area contributed by atoms with Crippen molar-refractivity contribution in [2.45, 2.75) is 32.2 Å². The molecule has 2 N–H and O–H groups in total. The second-order valence-electron chi connectivity index (χ2n) is 5.14. The first kappa shape index (κ1) is 12.8. The van der Waals surface area contributed by atoms with E-state index in [1.54, 1.807) is 6.33 Å². The largest absolute Gasteiger partial charge is 0.336 e. The fourth-order valence-electron chi connectivity index (χ4n) is 2.12. The highest BCUT2D eigenvalue weighted by molar-refractivity contribution is 5.26. The van der Waals surface area contributed by atoms with Gasteiger partial charge in [-0.05, 0) is 23.5 Å². The Labute approximate surface area is 109 Å². The molecule has 1 aromatic heterocycles. The Morgan fingerprint density at radius 1 is 1.22 bits per heavy atom. The van der Waals surface area contributed by atoms with Gasteiger partial charge in [0.2, 0.25) is 0 Å². The molecule has 0 amide bonds. The van der Waals surface area contributed by atoms with E-state index in [-0.39, 0.29) is 6.04 Å². The lowest BCUT2D eigenvalue weighted by Gasteiger charge is -2.13. The molecule has 1 atom stereocenters. The predicted octanol–water partition coefficient (Wildman–Crippen LogP) is 2.79. The van der Waals surface area contributed by atoms with E-state index in [9.17, 15) is 0 Å². The molecule has 1 unspecified atom stereocenters. The van der Waals surface area contributed by atoms with Gasteiger partial charge in [0, 0.05) is 13.2 Å². The first-order valence-corrected chi connectivity index (χ1v) is 6.38. The summed E-state index contributed by atoms with van der Waals surface area (Å²) in [5.41, 5.74) is 9.92. The molecule has 0 saturated carbocycles. The quantitative estimate of drug-likeness (QED) is 0.897. The van der Waals surface area contributed by atoms with Gasteiger partial charge in [-0.1, -0.05) is 38.1 Å². The van der Waals surface area contributed by atoms with Crippen LogP contribution in [0.25, 0.3) is 0 Å². The lowest BCUT2D eigenvalue weighted by Crippen LogP contribution is -2.16. The topological polar surface area (TPSA) is 43.8 Å². The van der Waals surface area contributed by atoms with E-state index in [0.29, 0.717) is 5.92 Å². The summed E-state index contributed by atoms with van der Waals surface area (Å²) in [6.07, 6.45) is 4.47. The Kier molecular flexibility index (Phi) is 3.82. The van der Waals surface area contributed by atoms with Crippen molar-refractivity contribution in [3.63, 3.8) is 0 Å². The van der Waals surface area contributed by atoms with E-state index in [1.165, 1.54) is 11.1 Å². The lowest BCUT2D eigenvalue weighted by atomic mass is 9.98. The molecule has 0 aliphatic rings. The Bertz CT molecular complexity index is 497. The van der Waals surface area contributed by atoms with Gasteiger partial charge in [0.25, 0.3) is 0 Å². The molecule has 0 bridgehead atoms. The summed E-state index contributed by atoms with van der Waals surface area (Å²) in [6.45, 7) is 4.41. The molecule has 18 heavy (non-hydrogen) atoms. The van der Waals surface area contributed by atoms with E-state index in [4.69, 9.17) is 5.73 Å². The molecule has 0 fully saturated rings. The minimum atomic E-state index is 0.00222. The summed E-state index contributed by atoms with van der Waals surface area (Å²) in [4.78, 5) is 4.10. The summed E-state index contributed by atoms with van der Waals surface area (Å²) in [6, 6.07) is 8.73. The van der Waals surface area contributed by atoms with Gasteiger partial charge in [-0.2, -0.15) is 0 Å². The van der Waals surface area contributed by atoms with E-state index >= 15 is 0 Å². The Balaban J connectivity index is 2.08. The molecule has 0 aliphatic carbocycles. The monoisotopic (exact) mass is 243 g/mol. The zero-order valence-corrected chi connectivity index (χ0v) is 11.3. The Morgan fingerprint density at radius 2 is 1.89 bits per heavy atom. The van der Waals surface area contributed by atoms with Crippen molar-refractivity contribution in [3.8, 4) is 0 Å². The summed E-state index contributed by atoms with van der Waals surface area (Å²) >= 11 is 0. The minimum Gasteiger partial charge on any atom is -0.336 e. The van der Waals surface area contributed by atoms with E-state index < -0.39 is 0 Å². The summed E-state index contributed by atoms with van der Waals surface area (Å²) in [7, 11) is 1.98. The maximum Gasteiger partial charge on any atom is 0.0946 e. The zero-order chi connectivity index (χ0) is 13.1. The molecule has 1 heterocycles. The minimum absolute atomic E-state index is 0.00222. The first-order chi connectivity index (χ1) is 8.58. The van der Waals surface area contributed by atoms with Crippen molar-refractivity contribution in [2.75, 3.05) is 0 Å². The van der Waals surface area contributed by atoms with Crippen molar-refractivity contribution in [3.05, 3.63) is 53.6 Å². The Morgan fingerprint density at radius 3 is 2.39 bits per heavy atom. The number of hydrogen-bond donors (Lipinski definition) is 1. The SMILES string of the molecule is CC(C)c1ccc(CC(N)c2cncn2C)cc1. The fourth-order valence-corrected chi connectivity index (χ4v) is 2.12. The van der Waals surface area contributed by atoms with Gasteiger partial charge >= 0.3 is 0 Å². The molecule has 2 rings (SSSR count). The van der Waals surface area contributed by atoms with Gasteiger partial charge in [0.05, 0.1) is 18.1 Å².